The van der Waals surface area contributed by atoms with Gasteiger partial charge in [-0.15, -0.1) is 5.10 Å². The van der Waals surface area contributed by atoms with Gasteiger partial charge in [-0.25, -0.2) is 0 Å². The standard InChI is InChI=1S/C13H23N3O/c1-5-8-14-12(9-10(2)3)11-6-7-13(17-4)16-15-11/h6-7,10,12,14H,5,8-9H2,1-4H3. The van der Waals surface area contributed by atoms with Crippen molar-refractivity contribution in [3.63, 3.8) is 0 Å². The van der Waals surface area contributed by atoms with Crippen LogP contribution in [0.15, 0.2) is 12.1 Å². The summed E-state index contributed by atoms with van der Waals surface area (Å²) in [7, 11) is 1.60. The van der Waals surface area contributed by atoms with Crippen LogP contribution in [0.3, 0.4) is 0 Å². The number of hydrogen-bond donors (Lipinski definition) is 1. The van der Waals surface area contributed by atoms with Gasteiger partial charge >= 0.3 is 0 Å². The van der Waals surface area contributed by atoms with Gasteiger partial charge in [-0.05, 0) is 31.4 Å². The SMILES string of the molecule is CCCNC(CC(C)C)c1ccc(OC)nn1. The molecule has 1 unspecified atom stereocenters. The molecule has 0 aromatic carbocycles. The second kappa shape index (κ2) is 7.22. The molecule has 1 heterocycles. The third-order valence-electron chi connectivity index (χ3n) is 2.57. The first-order valence-electron chi connectivity index (χ1n) is 6.28. The lowest BCUT2D eigenvalue weighted by Crippen LogP contribution is -2.24. The monoisotopic (exact) mass is 237 g/mol. The van der Waals surface area contributed by atoms with Crippen molar-refractivity contribution in [3.8, 4) is 5.88 Å². The quantitative estimate of drug-likeness (QED) is 0.791. The summed E-state index contributed by atoms with van der Waals surface area (Å²) >= 11 is 0. The third kappa shape index (κ3) is 4.69. The Morgan fingerprint density at radius 2 is 2.06 bits per heavy atom. The van der Waals surface area contributed by atoms with Crippen LogP contribution in [0.25, 0.3) is 0 Å². The van der Waals surface area contributed by atoms with Crippen LogP contribution in [0, 0.1) is 5.92 Å². The molecule has 1 aromatic heterocycles. The topological polar surface area (TPSA) is 47.0 Å². The zero-order chi connectivity index (χ0) is 12.7. The van der Waals surface area contributed by atoms with E-state index in [4.69, 9.17) is 4.74 Å². The zero-order valence-electron chi connectivity index (χ0n) is 11.2. The van der Waals surface area contributed by atoms with Crippen LogP contribution in [0.1, 0.15) is 45.3 Å². The summed E-state index contributed by atoms with van der Waals surface area (Å²) < 4.78 is 5.02. The molecule has 1 N–H and O–H groups in total. The Hall–Kier alpha value is -1.16. The molecule has 0 fully saturated rings. The van der Waals surface area contributed by atoms with Crippen molar-refractivity contribution in [1.82, 2.24) is 15.5 Å². The van der Waals surface area contributed by atoms with Gasteiger partial charge in [-0.2, -0.15) is 5.10 Å². The Morgan fingerprint density at radius 3 is 2.53 bits per heavy atom. The van der Waals surface area contributed by atoms with E-state index in [1.165, 1.54) is 0 Å². The maximum Gasteiger partial charge on any atom is 0.233 e. The van der Waals surface area contributed by atoms with E-state index in [2.05, 4.69) is 36.3 Å². The molecular formula is C13H23N3O. The van der Waals surface area contributed by atoms with Crippen molar-refractivity contribution in [3.05, 3.63) is 17.8 Å². The predicted octanol–water partition coefficient (Wildman–Crippen LogP) is 2.57. The Labute approximate surface area is 104 Å². The molecule has 0 aliphatic carbocycles. The Kier molecular flexibility index (Phi) is 5.91. The fraction of sp³-hybridized carbons (Fsp3) is 0.692. The maximum absolute atomic E-state index is 5.02. The molecule has 17 heavy (non-hydrogen) atoms. The van der Waals surface area contributed by atoms with Gasteiger partial charge in [0.15, 0.2) is 0 Å². The summed E-state index contributed by atoms with van der Waals surface area (Å²) in [4.78, 5) is 0. The molecule has 0 bridgehead atoms. The lowest BCUT2D eigenvalue weighted by atomic mass is 10.0. The van der Waals surface area contributed by atoms with E-state index in [0.29, 0.717) is 11.8 Å². The summed E-state index contributed by atoms with van der Waals surface area (Å²) in [6, 6.07) is 4.14. The molecule has 0 saturated heterocycles. The van der Waals surface area contributed by atoms with Gasteiger partial charge in [0.1, 0.15) is 0 Å². The number of nitrogens with one attached hydrogen (secondary N) is 1. The number of ether oxygens (including phenoxy) is 1. The summed E-state index contributed by atoms with van der Waals surface area (Å²) in [5.74, 6) is 1.20. The van der Waals surface area contributed by atoms with E-state index in [0.717, 1.165) is 25.1 Å². The first-order valence-corrected chi connectivity index (χ1v) is 6.28. The molecule has 96 valence electrons. The molecule has 0 aliphatic rings. The average molecular weight is 237 g/mol. The van der Waals surface area contributed by atoms with E-state index >= 15 is 0 Å². The van der Waals surface area contributed by atoms with Crippen molar-refractivity contribution < 1.29 is 4.74 Å². The minimum Gasteiger partial charge on any atom is -0.480 e. The first kappa shape index (κ1) is 13.9. The summed E-state index contributed by atoms with van der Waals surface area (Å²) in [5, 5.41) is 11.8. The van der Waals surface area contributed by atoms with Crippen LogP contribution in [0.2, 0.25) is 0 Å². The van der Waals surface area contributed by atoms with Crippen LogP contribution in [0.4, 0.5) is 0 Å². The largest absolute Gasteiger partial charge is 0.480 e. The highest BCUT2D eigenvalue weighted by Crippen LogP contribution is 2.20. The van der Waals surface area contributed by atoms with Crippen LogP contribution in [-0.4, -0.2) is 23.9 Å². The highest BCUT2D eigenvalue weighted by atomic mass is 16.5. The molecule has 4 nitrogen and oxygen atoms in total. The molecule has 4 heteroatoms. The van der Waals surface area contributed by atoms with Gasteiger partial charge in [0, 0.05) is 6.07 Å². The molecule has 0 saturated carbocycles. The normalized spacial score (nSPS) is 12.8. The van der Waals surface area contributed by atoms with E-state index < -0.39 is 0 Å². The van der Waals surface area contributed by atoms with Crippen LogP contribution < -0.4 is 10.1 Å². The molecule has 1 rings (SSSR count). The predicted molar refractivity (Wildman–Crippen MR) is 69.1 cm³/mol. The van der Waals surface area contributed by atoms with Crippen molar-refractivity contribution in [2.75, 3.05) is 13.7 Å². The number of aromatic nitrogens is 2. The Bertz CT molecular complexity index is 311. The van der Waals surface area contributed by atoms with Crippen molar-refractivity contribution in [2.45, 2.75) is 39.7 Å². The highest BCUT2D eigenvalue weighted by Gasteiger charge is 2.14. The van der Waals surface area contributed by atoms with Crippen molar-refractivity contribution in [2.24, 2.45) is 5.92 Å². The van der Waals surface area contributed by atoms with E-state index in [1.807, 2.05) is 12.1 Å². The molecule has 1 aromatic rings. The van der Waals surface area contributed by atoms with Gasteiger partial charge in [0.25, 0.3) is 0 Å². The van der Waals surface area contributed by atoms with Gasteiger partial charge in [0.05, 0.1) is 18.8 Å². The van der Waals surface area contributed by atoms with Gasteiger partial charge in [0.2, 0.25) is 5.88 Å². The minimum absolute atomic E-state index is 0.286. The average Bonchev–Trinajstić information content (AvgIpc) is 2.34. The second-order valence-corrected chi connectivity index (χ2v) is 4.64. The van der Waals surface area contributed by atoms with Gasteiger partial charge < -0.3 is 10.1 Å². The Balaban J connectivity index is 2.72. The fourth-order valence-electron chi connectivity index (χ4n) is 1.72. The fourth-order valence-corrected chi connectivity index (χ4v) is 1.72. The zero-order valence-corrected chi connectivity index (χ0v) is 11.2. The first-order chi connectivity index (χ1) is 8.17. The summed E-state index contributed by atoms with van der Waals surface area (Å²) in [5.41, 5.74) is 0.993. The second-order valence-electron chi connectivity index (χ2n) is 4.64. The summed E-state index contributed by atoms with van der Waals surface area (Å²) in [6.07, 6.45) is 2.19. The lowest BCUT2D eigenvalue weighted by molar-refractivity contribution is 0.384. The van der Waals surface area contributed by atoms with Crippen LogP contribution in [-0.2, 0) is 0 Å². The van der Waals surface area contributed by atoms with Crippen LogP contribution >= 0.6 is 0 Å². The smallest absolute Gasteiger partial charge is 0.233 e. The number of hydrogen-bond acceptors (Lipinski definition) is 4. The lowest BCUT2D eigenvalue weighted by Gasteiger charge is -2.19. The molecule has 0 amide bonds. The van der Waals surface area contributed by atoms with Gasteiger partial charge in [-0.3, -0.25) is 0 Å². The molecule has 0 aliphatic heterocycles. The van der Waals surface area contributed by atoms with Crippen molar-refractivity contribution in [1.29, 1.82) is 0 Å². The Morgan fingerprint density at radius 1 is 1.29 bits per heavy atom. The minimum atomic E-state index is 0.286. The van der Waals surface area contributed by atoms with Crippen molar-refractivity contribution >= 4 is 0 Å². The van der Waals surface area contributed by atoms with Crippen LogP contribution in [0.5, 0.6) is 5.88 Å². The molecule has 1 atom stereocenters. The highest BCUT2D eigenvalue weighted by molar-refractivity contribution is 5.14. The van der Waals surface area contributed by atoms with E-state index in [-0.39, 0.29) is 6.04 Å². The molecule has 0 spiro atoms. The molecular weight excluding hydrogens is 214 g/mol. The number of rotatable bonds is 7. The van der Waals surface area contributed by atoms with E-state index in [1.54, 1.807) is 7.11 Å². The summed E-state index contributed by atoms with van der Waals surface area (Å²) in [6.45, 7) is 7.61. The van der Waals surface area contributed by atoms with Gasteiger partial charge in [-0.1, -0.05) is 20.8 Å². The van der Waals surface area contributed by atoms with E-state index in [9.17, 15) is 0 Å². The number of methoxy groups -OCH3 is 1. The molecule has 0 radical (unpaired) electrons. The third-order valence-corrected chi connectivity index (χ3v) is 2.57. The maximum atomic E-state index is 5.02. The number of nitrogens with zero attached hydrogens (tertiary/aromatic N) is 2.